The Bertz CT molecular complexity index is 1670. The van der Waals surface area contributed by atoms with E-state index in [0.717, 1.165) is 24.3 Å². The van der Waals surface area contributed by atoms with Crippen molar-refractivity contribution in [2.24, 2.45) is 10.2 Å². The zero-order chi connectivity index (χ0) is 26.2. The molecule has 0 aliphatic rings. The maximum Gasteiger partial charge on any atom is 0.397 e. The molecule has 194 valence electrons. The average molecular weight is 600 g/mol. The van der Waals surface area contributed by atoms with Crippen LogP contribution in [0.5, 0.6) is 11.5 Å². The largest absolute Gasteiger partial charge is 0.506 e. The fourth-order valence-corrected chi connectivity index (χ4v) is 5.07. The first-order valence-electron chi connectivity index (χ1n) is 9.20. The molecule has 0 radical (unpaired) electrons. The van der Waals surface area contributed by atoms with Crippen LogP contribution in [0.2, 0.25) is 0 Å². The van der Waals surface area contributed by atoms with Crippen molar-refractivity contribution in [1.82, 2.24) is 0 Å². The van der Waals surface area contributed by atoms with Gasteiger partial charge in [-0.2, -0.15) is 16.8 Å². The Labute approximate surface area is 215 Å². The molecule has 0 fully saturated rings. The third-order valence-corrected chi connectivity index (χ3v) is 7.51. The van der Waals surface area contributed by atoms with Crippen molar-refractivity contribution in [3.8, 4) is 11.5 Å². The Morgan fingerprint density at radius 1 is 0.889 bits per heavy atom. The maximum atomic E-state index is 12.3. The van der Waals surface area contributed by atoms with E-state index in [0.29, 0.717) is 0 Å². The quantitative estimate of drug-likeness (QED) is 0.142. The first-order chi connectivity index (χ1) is 16.1. The second-order valence-electron chi connectivity index (χ2n) is 6.95. The number of benzene rings is 3. The number of anilines is 1. The molecule has 3 aromatic rings. The Hall–Kier alpha value is -2.82. The molecule has 3 rings (SSSR count). The predicted molar refractivity (Wildman–Crippen MR) is 122 cm³/mol. The number of azo groups is 1. The van der Waals surface area contributed by atoms with Gasteiger partial charge in [-0.3, -0.25) is 9.11 Å². The second-order valence-corrected chi connectivity index (χ2v) is 11.5. The molecule has 0 aliphatic carbocycles. The third kappa shape index (κ3) is 6.90. The van der Waals surface area contributed by atoms with Crippen molar-refractivity contribution in [1.29, 1.82) is 0 Å². The Morgan fingerprint density at radius 3 is 2.14 bits per heavy atom. The molecule has 0 atom stereocenters. The summed E-state index contributed by atoms with van der Waals surface area (Å²) >= 11 is 0. The van der Waals surface area contributed by atoms with Crippen LogP contribution >= 0.6 is 0 Å². The van der Waals surface area contributed by atoms with Gasteiger partial charge in [-0.25, -0.2) is 12.6 Å². The smallest absolute Gasteiger partial charge is 0.397 e. The monoisotopic (exact) mass is 599 g/mol. The van der Waals surface area contributed by atoms with Crippen LogP contribution in [0.15, 0.2) is 62.5 Å². The first-order valence-corrected chi connectivity index (χ1v) is 13.7. The van der Waals surface area contributed by atoms with Crippen LogP contribution in [0.3, 0.4) is 0 Å². The molecule has 0 aliphatic heterocycles. The van der Waals surface area contributed by atoms with Crippen molar-refractivity contribution in [2.75, 3.05) is 18.1 Å². The van der Waals surface area contributed by atoms with Crippen LogP contribution in [-0.2, 0) is 51.9 Å². The molecule has 18 heteroatoms. The maximum absolute atomic E-state index is 12.3. The van der Waals surface area contributed by atoms with Gasteiger partial charge in [0.2, 0.25) is 0 Å². The molecule has 0 amide bonds. The van der Waals surface area contributed by atoms with Crippen molar-refractivity contribution in [2.45, 2.75) is 9.79 Å². The molecule has 0 saturated carbocycles. The van der Waals surface area contributed by atoms with E-state index in [2.05, 4.69) is 14.4 Å². The number of hydrogen-bond acceptors (Lipinski definition) is 12. The minimum absolute atomic E-state index is 0. The molecular formula is C18H17CrN3O11S3. The summed E-state index contributed by atoms with van der Waals surface area (Å²) in [5.74, 6) is -2.24. The summed E-state index contributed by atoms with van der Waals surface area (Å²) in [7, 11) is -13.9. The number of hydrogen-bond donors (Lipinski definition) is 5. The van der Waals surface area contributed by atoms with Gasteiger partial charge in [0.25, 0.3) is 10.1 Å². The minimum atomic E-state index is -4.88. The number of nitrogens with zero attached hydrogens (tertiary/aromatic N) is 2. The van der Waals surface area contributed by atoms with Crippen molar-refractivity contribution < 1.29 is 66.1 Å². The average Bonchev–Trinajstić information content (AvgIpc) is 2.72. The van der Waals surface area contributed by atoms with Gasteiger partial charge in [0, 0.05) is 34.5 Å². The number of nitrogens with two attached hydrogens (primary N) is 1. The fourth-order valence-electron chi connectivity index (χ4n) is 2.90. The van der Waals surface area contributed by atoms with Crippen LogP contribution in [-0.4, -0.2) is 56.9 Å². The van der Waals surface area contributed by atoms with Crippen molar-refractivity contribution in [3.63, 3.8) is 0 Å². The summed E-state index contributed by atoms with van der Waals surface area (Å²) in [6.07, 6.45) is 0. The molecule has 3 aromatic carbocycles. The van der Waals surface area contributed by atoms with Crippen molar-refractivity contribution >= 4 is 58.2 Å². The Kier molecular flexibility index (Phi) is 8.71. The summed E-state index contributed by atoms with van der Waals surface area (Å²) in [5, 5.41) is 28.3. The van der Waals surface area contributed by atoms with Gasteiger partial charge in [0.05, 0.1) is 17.3 Å². The van der Waals surface area contributed by atoms with Gasteiger partial charge in [0.1, 0.15) is 22.0 Å². The van der Waals surface area contributed by atoms with Crippen LogP contribution in [0.25, 0.3) is 10.8 Å². The van der Waals surface area contributed by atoms with Gasteiger partial charge in [0.15, 0.2) is 15.6 Å². The van der Waals surface area contributed by atoms with Crippen LogP contribution in [0.4, 0.5) is 17.1 Å². The van der Waals surface area contributed by atoms with E-state index in [1.165, 1.54) is 18.2 Å². The third-order valence-electron chi connectivity index (χ3n) is 4.50. The number of fused-ring (bicyclic) bond motifs is 1. The molecule has 0 saturated heterocycles. The van der Waals surface area contributed by atoms with E-state index < -0.39 is 69.7 Å². The van der Waals surface area contributed by atoms with Gasteiger partial charge in [-0.15, -0.1) is 10.2 Å². The number of phenols is 2. The van der Waals surface area contributed by atoms with E-state index in [1.807, 2.05) is 0 Å². The SMILES string of the molecule is Nc1ccc2cc(S(=O)(=O)O)c(N=Nc3ccc(S(=O)(=O)CCOS(=O)(=O)O)cc3O)c(O)c2c1.[Cr]. The zero-order valence-electron chi connectivity index (χ0n) is 17.7. The van der Waals surface area contributed by atoms with Crippen molar-refractivity contribution in [3.05, 3.63) is 42.5 Å². The minimum Gasteiger partial charge on any atom is -0.506 e. The van der Waals surface area contributed by atoms with E-state index in [9.17, 15) is 40.0 Å². The number of sulfone groups is 1. The van der Waals surface area contributed by atoms with E-state index in [1.54, 1.807) is 0 Å². The Balaban J connectivity index is 0.00000456. The summed E-state index contributed by atoms with van der Waals surface area (Å²) in [4.78, 5) is -1.23. The molecule has 0 aromatic heterocycles. The van der Waals surface area contributed by atoms with Crippen LogP contribution in [0.1, 0.15) is 0 Å². The second kappa shape index (κ2) is 10.7. The molecule has 6 N–H and O–H groups in total. The zero-order valence-corrected chi connectivity index (χ0v) is 21.4. The fraction of sp³-hybridized carbons (Fsp3) is 0.111. The van der Waals surface area contributed by atoms with Gasteiger partial charge in [-0.05, 0) is 35.7 Å². The standard InChI is InChI=1S/C18H17N3O11S3.Cr/c19-11-2-1-10-7-16(34(26,27)28)17(18(23)13(10)8-11)21-20-14-4-3-12(9-15(14)22)33(24,25)6-5-32-35(29,30)31;/h1-4,7-9,22-23H,5-6,19H2,(H,26,27,28)(H,29,30,31);. The van der Waals surface area contributed by atoms with E-state index >= 15 is 0 Å². The molecule has 0 unspecified atom stereocenters. The van der Waals surface area contributed by atoms with Gasteiger partial charge >= 0.3 is 10.4 Å². The van der Waals surface area contributed by atoms with E-state index in [-0.39, 0.29) is 39.5 Å². The molecular weight excluding hydrogens is 582 g/mol. The topological polar surface area (TPSA) is 243 Å². The number of phenolic OH excluding ortho intramolecular Hbond substituents is 2. The number of rotatable bonds is 8. The normalized spacial score (nSPS) is 12.6. The summed E-state index contributed by atoms with van der Waals surface area (Å²) < 4.78 is 91.3. The summed E-state index contributed by atoms with van der Waals surface area (Å²) in [6, 6.07) is 7.97. The van der Waals surface area contributed by atoms with E-state index in [4.69, 9.17) is 10.3 Å². The molecule has 0 heterocycles. The van der Waals surface area contributed by atoms with Crippen LogP contribution in [0, 0.1) is 0 Å². The number of nitrogen functional groups attached to an aromatic ring is 1. The summed E-state index contributed by atoms with van der Waals surface area (Å²) in [6.45, 7) is -0.881. The van der Waals surface area contributed by atoms with Gasteiger partial charge in [-0.1, -0.05) is 6.07 Å². The van der Waals surface area contributed by atoms with Crippen LogP contribution < -0.4 is 5.73 Å². The van der Waals surface area contributed by atoms with Gasteiger partial charge < -0.3 is 15.9 Å². The Morgan fingerprint density at radius 2 is 1.56 bits per heavy atom. The first kappa shape index (κ1) is 29.4. The summed E-state index contributed by atoms with van der Waals surface area (Å²) in [5.41, 5.74) is 4.93. The molecule has 14 nitrogen and oxygen atoms in total. The molecule has 36 heavy (non-hydrogen) atoms. The predicted octanol–water partition coefficient (Wildman–Crippen LogP) is 2.09. The number of aromatic hydroxyl groups is 2. The molecule has 0 spiro atoms. The molecule has 0 bridgehead atoms.